The zero-order chi connectivity index (χ0) is 5.98. The molecule has 1 N–H and O–H groups in total. The molecule has 0 aliphatic rings. The Hall–Kier alpha value is 0.0200. The Morgan fingerprint density at radius 1 is 1.33 bits per heavy atom. The van der Waals surface area contributed by atoms with Crippen molar-refractivity contribution in [2.45, 2.75) is 6.92 Å². The SMILES string of the molecule is Cc1cccc(O)c1.[NaH]. The molecule has 0 fully saturated rings. The van der Waals surface area contributed by atoms with Gasteiger partial charge in [0.05, 0.1) is 0 Å². The van der Waals surface area contributed by atoms with Crippen LogP contribution in [0.25, 0.3) is 0 Å². The molecule has 1 aromatic carbocycles. The minimum atomic E-state index is 0. The van der Waals surface area contributed by atoms with Crippen molar-refractivity contribution in [1.29, 1.82) is 0 Å². The third-order valence-electron chi connectivity index (χ3n) is 1.00. The van der Waals surface area contributed by atoms with Gasteiger partial charge in [-0.3, -0.25) is 0 Å². The third-order valence-corrected chi connectivity index (χ3v) is 1.00. The maximum atomic E-state index is 8.81. The Balaban J connectivity index is 0.000000640. The van der Waals surface area contributed by atoms with E-state index in [0.29, 0.717) is 5.75 Å². The van der Waals surface area contributed by atoms with Crippen LogP contribution in [0.4, 0.5) is 0 Å². The first-order valence-corrected chi connectivity index (χ1v) is 2.54. The molecule has 1 rings (SSSR count). The van der Waals surface area contributed by atoms with E-state index in [0.717, 1.165) is 5.56 Å². The maximum absolute atomic E-state index is 8.81. The van der Waals surface area contributed by atoms with E-state index < -0.39 is 0 Å². The fourth-order valence-corrected chi connectivity index (χ4v) is 0.628. The van der Waals surface area contributed by atoms with Crippen molar-refractivity contribution >= 4 is 29.6 Å². The van der Waals surface area contributed by atoms with Gasteiger partial charge >= 0.3 is 29.6 Å². The monoisotopic (exact) mass is 132 g/mol. The fraction of sp³-hybridized carbons (Fsp3) is 0.143. The number of phenols is 1. The van der Waals surface area contributed by atoms with E-state index in [-0.39, 0.29) is 29.6 Å². The number of hydrogen-bond acceptors (Lipinski definition) is 1. The van der Waals surface area contributed by atoms with Crippen molar-refractivity contribution in [3.05, 3.63) is 29.8 Å². The molecule has 0 radical (unpaired) electrons. The summed E-state index contributed by atoms with van der Waals surface area (Å²) in [4.78, 5) is 0. The van der Waals surface area contributed by atoms with E-state index in [9.17, 15) is 0 Å². The van der Waals surface area contributed by atoms with Crippen LogP contribution >= 0.6 is 0 Å². The molecule has 1 nitrogen and oxygen atoms in total. The zero-order valence-electron chi connectivity index (χ0n) is 4.76. The Morgan fingerprint density at radius 3 is 2.33 bits per heavy atom. The fourth-order valence-electron chi connectivity index (χ4n) is 0.628. The summed E-state index contributed by atoms with van der Waals surface area (Å²) in [7, 11) is 0. The molecular formula is C7H9NaO. The van der Waals surface area contributed by atoms with Crippen molar-refractivity contribution in [2.24, 2.45) is 0 Å². The Bertz CT molecular complexity index is 169. The molecule has 0 aromatic heterocycles. The molecule has 0 heterocycles. The summed E-state index contributed by atoms with van der Waals surface area (Å²) in [6.07, 6.45) is 0. The van der Waals surface area contributed by atoms with Gasteiger partial charge in [-0.2, -0.15) is 0 Å². The second kappa shape index (κ2) is 3.94. The number of aromatic hydroxyl groups is 1. The molecule has 0 unspecified atom stereocenters. The molecule has 2 heteroatoms. The van der Waals surface area contributed by atoms with Gasteiger partial charge in [0.2, 0.25) is 0 Å². The molecule has 0 atom stereocenters. The molecule has 9 heavy (non-hydrogen) atoms. The average molecular weight is 132 g/mol. The van der Waals surface area contributed by atoms with E-state index in [1.54, 1.807) is 12.1 Å². The first-order chi connectivity index (χ1) is 3.79. The quantitative estimate of drug-likeness (QED) is 0.523. The second-order valence-corrected chi connectivity index (χ2v) is 1.84. The first kappa shape index (κ1) is 9.02. The summed E-state index contributed by atoms with van der Waals surface area (Å²) < 4.78 is 0. The predicted octanol–water partition coefficient (Wildman–Crippen LogP) is 1.05. The number of hydrogen-bond donors (Lipinski definition) is 1. The molecule has 0 saturated carbocycles. The van der Waals surface area contributed by atoms with Crippen LogP contribution in [-0.2, 0) is 0 Å². The molecule has 0 spiro atoms. The van der Waals surface area contributed by atoms with Crippen molar-refractivity contribution in [2.75, 3.05) is 0 Å². The summed E-state index contributed by atoms with van der Waals surface area (Å²) in [6.45, 7) is 1.94. The summed E-state index contributed by atoms with van der Waals surface area (Å²) in [5.41, 5.74) is 1.09. The van der Waals surface area contributed by atoms with Gasteiger partial charge in [0.15, 0.2) is 0 Å². The average Bonchev–Trinajstić information content (AvgIpc) is 1.64. The summed E-state index contributed by atoms with van der Waals surface area (Å²) in [5, 5.41) is 8.81. The number of aryl methyl sites for hydroxylation is 1. The second-order valence-electron chi connectivity index (χ2n) is 1.84. The number of benzene rings is 1. The van der Waals surface area contributed by atoms with Crippen LogP contribution in [0, 0.1) is 6.92 Å². The van der Waals surface area contributed by atoms with E-state index in [1.165, 1.54) is 0 Å². The van der Waals surface area contributed by atoms with E-state index in [1.807, 2.05) is 19.1 Å². The van der Waals surface area contributed by atoms with Gasteiger partial charge in [0.1, 0.15) is 5.75 Å². The van der Waals surface area contributed by atoms with Gasteiger partial charge in [-0.25, -0.2) is 0 Å². The number of rotatable bonds is 0. The Morgan fingerprint density at radius 2 is 2.00 bits per heavy atom. The third kappa shape index (κ3) is 2.89. The molecule has 1 aromatic rings. The van der Waals surface area contributed by atoms with Gasteiger partial charge in [-0.1, -0.05) is 12.1 Å². The van der Waals surface area contributed by atoms with E-state index in [4.69, 9.17) is 5.11 Å². The van der Waals surface area contributed by atoms with Gasteiger partial charge < -0.3 is 5.11 Å². The Labute approximate surface area is 77.0 Å². The molecule has 44 valence electrons. The zero-order valence-corrected chi connectivity index (χ0v) is 4.76. The van der Waals surface area contributed by atoms with Crippen LogP contribution in [-0.4, -0.2) is 34.7 Å². The molecule has 0 aliphatic carbocycles. The van der Waals surface area contributed by atoms with Crippen LogP contribution in [0.3, 0.4) is 0 Å². The van der Waals surface area contributed by atoms with Crippen LogP contribution in [0.5, 0.6) is 5.75 Å². The molecular weight excluding hydrogens is 123 g/mol. The molecule has 0 saturated heterocycles. The summed E-state index contributed by atoms with van der Waals surface area (Å²) in [6, 6.07) is 7.15. The molecule has 0 aliphatic heterocycles. The first-order valence-electron chi connectivity index (χ1n) is 2.54. The summed E-state index contributed by atoms with van der Waals surface area (Å²) >= 11 is 0. The minimum absolute atomic E-state index is 0. The van der Waals surface area contributed by atoms with Crippen LogP contribution < -0.4 is 0 Å². The van der Waals surface area contributed by atoms with Gasteiger partial charge in [0.25, 0.3) is 0 Å². The van der Waals surface area contributed by atoms with E-state index >= 15 is 0 Å². The normalized spacial score (nSPS) is 8.11. The van der Waals surface area contributed by atoms with Gasteiger partial charge in [0, 0.05) is 0 Å². The van der Waals surface area contributed by atoms with Gasteiger partial charge in [-0.05, 0) is 24.6 Å². The topological polar surface area (TPSA) is 20.2 Å². The van der Waals surface area contributed by atoms with Crippen LogP contribution in [0.1, 0.15) is 5.56 Å². The van der Waals surface area contributed by atoms with Crippen molar-refractivity contribution in [3.63, 3.8) is 0 Å². The molecule has 0 amide bonds. The van der Waals surface area contributed by atoms with Crippen molar-refractivity contribution in [3.8, 4) is 5.75 Å². The van der Waals surface area contributed by atoms with Crippen molar-refractivity contribution in [1.82, 2.24) is 0 Å². The summed E-state index contributed by atoms with van der Waals surface area (Å²) in [5.74, 6) is 0.338. The van der Waals surface area contributed by atoms with Gasteiger partial charge in [-0.15, -0.1) is 0 Å². The van der Waals surface area contributed by atoms with Crippen LogP contribution in [0.2, 0.25) is 0 Å². The van der Waals surface area contributed by atoms with Crippen LogP contribution in [0.15, 0.2) is 24.3 Å². The molecule has 0 bridgehead atoms. The van der Waals surface area contributed by atoms with E-state index in [2.05, 4.69) is 0 Å². The standard InChI is InChI=1S/C7H8O.Na.H/c1-6-3-2-4-7(8)5-6;;/h2-5,8H,1H3;;. The predicted molar refractivity (Wildman–Crippen MR) is 40.0 cm³/mol. The Kier molecular flexibility index (Phi) is 3.95. The van der Waals surface area contributed by atoms with Crippen molar-refractivity contribution < 1.29 is 5.11 Å². The number of phenolic OH excluding ortho intramolecular Hbond substituents is 1.